The molecule has 4 nitrogen and oxygen atoms in total. The smallest absolute Gasteiger partial charge is 0.469 e. The summed E-state index contributed by atoms with van der Waals surface area (Å²) in [5.74, 6) is -1.37. The molecule has 0 aliphatic heterocycles. The van der Waals surface area contributed by atoms with E-state index in [2.05, 4.69) is 9.47 Å². The number of rotatable bonds is 4. The van der Waals surface area contributed by atoms with E-state index >= 15 is 0 Å². The summed E-state index contributed by atoms with van der Waals surface area (Å²) in [4.78, 5) is 11.2. The average molecular weight is 308 g/mol. The van der Waals surface area contributed by atoms with E-state index in [1.165, 1.54) is 0 Å². The number of methoxy groups -OCH3 is 1. The molecule has 0 saturated carbocycles. The van der Waals surface area contributed by atoms with Gasteiger partial charge < -0.3 is 9.47 Å². The minimum atomic E-state index is -4.89. The summed E-state index contributed by atoms with van der Waals surface area (Å²) in [6, 6.07) is 3.66. The second kappa shape index (κ2) is 6.48. The molecule has 0 N–H and O–H groups in total. The number of esters is 1. The molecule has 108 valence electrons. The van der Waals surface area contributed by atoms with Crippen molar-refractivity contribution in [3.05, 3.63) is 28.8 Å². The van der Waals surface area contributed by atoms with Crippen molar-refractivity contribution in [2.75, 3.05) is 7.11 Å². The number of carbonyl (C=O) groups excluding carboxylic acids is 1. The Kier molecular flexibility index (Phi) is 5.22. The molecule has 0 atom stereocenters. The average Bonchev–Trinajstić information content (AvgIpc) is 2.35. The van der Waals surface area contributed by atoms with Crippen LogP contribution in [0.1, 0.15) is 16.7 Å². The molecule has 0 saturated heterocycles. The van der Waals surface area contributed by atoms with Gasteiger partial charge in [0, 0.05) is 5.88 Å². The fourth-order valence-electron chi connectivity index (χ4n) is 1.54. The Morgan fingerprint density at radius 3 is 2.55 bits per heavy atom. The van der Waals surface area contributed by atoms with Crippen molar-refractivity contribution in [3.63, 3.8) is 0 Å². The molecular formula is C12H9ClF3NO3. The van der Waals surface area contributed by atoms with Gasteiger partial charge in [-0.3, -0.25) is 4.79 Å². The Hall–Kier alpha value is -1.94. The Balaban J connectivity index is 3.28. The molecule has 0 aliphatic rings. The van der Waals surface area contributed by atoms with Gasteiger partial charge in [-0.25, -0.2) is 0 Å². The summed E-state index contributed by atoms with van der Waals surface area (Å²) >= 11 is 5.66. The molecule has 0 fully saturated rings. The van der Waals surface area contributed by atoms with Crippen molar-refractivity contribution in [3.8, 4) is 11.8 Å². The van der Waals surface area contributed by atoms with Crippen molar-refractivity contribution >= 4 is 17.6 Å². The van der Waals surface area contributed by atoms with Gasteiger partial charge in [-0.2, -0.15) is 5.26 Å². The van der Waals surface area contributed by atoms with Gasteiger partial charge in [0.2, 0.25) is 0 Å². The second-order valence-corrected chi connectivity index (χ2v) is 3.92. The van der Waals surface area contributed by atoms with Gasteiger partial charge in [0.05, 0.1) is 25.2 Å². The first kappa shape index (κ1) is 16.1. The maximum absolute atomic E-state index is 12.2. The molecule has 1 aromatic rings. The second-order valence-electron chi connectivity index (χ2n) is 3.65. The van der Waals surface area contributed by atoms with Gasteiger partial charge in [0.25, 0.3) is 0 Å². The van der Waals surface area contributed by atoms with Gasteiger partial charge in [0.15, 0.2) is 0 Å². The van der Waals surface area contributed by atoms with E-state index in [9.17, 15) is 18.0 Å². The summed E-state index contributed by atoms with van der Waals surface area (Å²) in [5.41, 5.74) is 0.347. The zero-order valence-corrected chi connectivity index (χ0v) is 11.0. The Labute approximate surface area is 117 Å². The van der Waals surface area contributed by atoms with E-state index < -0.39 is 18.1 Å². The highest BCUT2D eigenvalue weighted by atomic mass is 35.5. The first-order chi connectivity index (χ1) is 9.30. The number of carbonyl (C=O) groups is 1. The van der Waals surface area contributed by atoms with E-state index in [1.807, 2.05) is 0 Å². The Bertz CT molecular complexity index is 552. The highest BCUT2D eigenvalue weighted by molar-refractivity contribution is 6.17. The number of hydrogen-bond acceptors (Lipinski definition) is 4. The lowest BCUT2D eigenvalue weighted by atomic mass is 10.00. The van der Waals surface area contributed by atoms with E-state index in [0.29, 0.717) is 0 Å². The zero-order valence-electron chi connectivity index (χ0n) is 10.3. The molecule has 1 aromatic carbocycles. The molecule has 0 spiro atoms. The van der Waals surface area contributed by atoms with Crippen LogP contribution in [0.25, 0.3) is 0 Å². The standard InChI is InChI=1S/C12H9ClF3NO3/c1-19-11(18)4-7-2-9(20-12(14,15)16)3-8(6-17)10(7)5-13/h2-3H,4-5H2,1H3. The summed E-state index contributed by atoms with van der Waals surface area (Å²) in [7, 11) is 1.14. The molecule has 0 heterocycles. The maximum Gasteiger partial charge on any atom is 0.573 e. The lowest BCUT2D eigenvalue weighted by molar-refractivity contribution is -0.274. The molecule has 0 radical (unpaired) electrons. The van der Waals surface area contributed by atoms with Gasteiger partial charge >= 0.3 is 12.3 Å². The van der Waals surface area contributed by atoms with Gasteiger partial charge in [0.1, 0.15) is 5.75 Å². The van der Waals surface area contributed by atoms with Crippen LogP contribution in [0.15, 0.2) is 12.1 Å². The first-order valence-corrected chi connectivity index (χ1v) is 5.78. The molecule has 0 aromatic heterocycles. The number of nitriles is 1. The number of halogens is 4. The van der Waals surface area contributed by atoms with Crippen molar-refractivity contribution in [2.45, 2.75) is 18.7 Å². The highest BCUT2D eigenvalue weighted by Crippen LogP contribution is 2.29. The van der Waals surface area contributed by atoms with Crippen LogP contribution in [0.3, 0.4) is 0 Å². The van der Waals surface area contributed by atoms with Crippen molar-refractivity contribution in [1.29, 1.82) is 5.26 Å². The Morgan fingerprint density at radius 1 is 1.45 bits per heavy atom. The first-order valence-electron chi connectivity index (χ1n) is 5.25. The third-order valence-electron chi connectivity index (χ3n) is 2.37. The van der Waals surface area contributed by atoms with Crippen LogP contribution in [-0.4, -0.2) is 19.4 Å². The normalized spacial score (nSPS) is 10.8. The maximum atomic E-state index is 12.2. The van der Waals surface area contributed by atoms with Crippen LogP contribution in [-0.2, 0) is 21.8 Å². The number of nitrogens with zero attached hydrogens (tertiary/aromatic N) is 1. The van der Waals surface area contributed by atoms with Gasteiger partial charge in [-0.1, -0.05) is 0 Å². The molecular weight excluding hydrogens is 299 g/mol. The van der Waals surface area contributed by atoms with E-state index in [1.54, 1.807) is 6.07 Å². The topological polar surface area (TPSA) is 59.3 Å². The minimum absolute atomic E-state index is 0.0827. The van der Waals surface area contributed by atoms with Gasteiger partial charge in [-0.15, -0.1) is 24.8 Å². The summed E-state index contributed by atoms with van der Waals surface area (Å²) in [6.07, 6.45) is -5.19. The van der Waals surface area contributed by atoms with Crippen LogP contribution in [0.5, 0.6) is 5.75 Å². The minimum Gasteiger partial charge on any atom is -0.469 e. The lowest BCUT2D eigenvalue weighted by Gasteiger charge is -2.13. The fraction of sp³-hybridized carbons (Fsp3) is 0.333. The van der Waals surface area contributed by atoms with Crippen molar-refractivity contribution < 1.29 is 27.4 Å². The summed E-state index contributed by atoms with van der Waals surface area (Å²) < 4.78 is 44.8. The predicted octanol–water partition coefficient (Wildman–Crippen LogP) is 2.91. The van der Waals surface area contributed by atoms with E-state index in [-0.39, 0.29) is 29.0 Å². The molecule has 0 bridgehead atoms. The quantitative estimate of drug-likeness (QED) is 0.634. The molecule has 20 heavy (non-hydrogen) atoms. The predicted molar refractivity (Wildman–Crippen MR) is 63.1 cm³/mol. The number of benzene rings is 1. The third-order valence-corrected chi connectivity index (χ3v) is 2.63. The van der Waals surface area contributed by atoms with Crippen molar-refractivity contribution in [2.24, 2.45) is 0 Å². The van der Waals surface area contributed by atoms with Crippen LogP contribution in [0, 0.1) is 11.3 Å². The fourth-order valence-corrected chi connectivity index (χ4v) is 1.85. The monoisotopic (exact) mass is 307 g/mol. The highest BCUT2D eigenvalue weighted by Gasteiger charge is 2.31. The number of alkyl halides is 4. The summed E-state index contributed by atoms with van der Waals surface area (Å²) in [5, 5.41) is 8.93. The largest absolute Gasteiger partial charge is 0.573 e. The number of ether oxygens (including phenoxy) is 2. The lowest BCUT2D eigenvalue weighted by Crippen LogP contribution is -2.18. The summed E-state index contributed by atoms with van der Waals surface area (Å²) in [6.45, 7) is 0. The van der Waals surface area contributed by atoms with Crippen LogP contribution < -0.4 is 4.74 Å². The molecule has 0 aliphatic carbocycles. The van der Waals surface area contributed by atoms with E-state index in [4.69, 9.17) is 16.9 Å². The van der Waals surface area contributed by atoms with Crippen LogP contribution in [0.2, 0.25) is 0 Å². The van der Waals surface area contributed by atoms with E-state index in [0.717, 1.165) is 19.2 Å². The van der Waals surface area contributed by atoms with Gasteiger partial charge in [-0.05, 0) is 23.3 Å². The molecule has 1 rings (SSSR count). The SMILES string of the molecule is COC(=O)Cc1cc(OC(F)(F)F)cc(C#N)c1CCl. The third kappa shape index (κ3) is 4.31. The zero-order chi connectivity index (χ0) is 15.3. The van der Waals surface area contributed by atoms with Crippen LogP contribution >= 0.6 is 11.6 Å². The molecule has 8 heteroatoms. The molecule has 0 unspecified atom stereocenters. The molecule has 0 amide bonds. The number of hydrogen-bond donors (Lipinski definition) is 0. The van der Waals surface area contributed by atoms with Crippen molar-refractivity contribution in [1.82, 2.24) is 0 Å². The van der Waals surface area contributed by atoms with Crippen LogP contribution in [0.4, 0.5) is 13.2 Å². The Morgan fingerprint density at radius 2 is 2.10 bits per heavy atom.